The van der Waals surface area contributed by atoms with Crippen LogP contribution in [0.1, 0.15) is 16.2 Å². The molecule has 2 aromatic heterocycles. The Hall–Kier alpha value is -2.99. The lowest BCUT2D eigenvalue weighted by atomic mass is 10.2. The number of aromatic amines is 1. The van der Waals surface area contributed by atoms with Crippen LogP contribution in [0.25, 0.3) is 11.4 Å². The lowest BCUT2D eigenvalue weighted by molar-refractivity contribution is 0.102. The molecule has 10 nitrogen and oxygen atoms in total. The molecule has 1 aliphatic heterocycles. The van der Waals surface area contributed by atoms with Crippen LogP contribution in [0.5, 0.6) is 0 Å². The Balaban J connectivity index is 1.59. The molecule has 1 amide bonds. The summed E-state index contributed by atoms with van der Waals surface area (Å²) >= 11 is 0. The number of nitrogens with zero attached hydrogens (tertiary/aromatic N) is 4. The van der Waals surface area contributed by atoms with Gasteiger partial charge in [0, 0.05) is 36.7 Å². The van der Waals surface area contributed by atoms with E-state index in [-0.39, 0.29) is 11.7 Å². The molecule has 0 saturated carbocycles. The second-order valence-corrected chi connectivity index (χ2v) is 9.55. The van der Waals surface area contributed by atoms with E-state index in [4.69, 9.17) is 9.72 Å². The first-order valence-corrected chi connectivity index (χ1v) is 11.8. The predicted octanol–water partition coefficient (Wildman–Crippen LogP) is 2.84. The maximum atomic E-state index is 12.2. The van der Waals surface area contributed by atoms with Gasteiger partial charge in [-0.1, -0.05) is 0 Å². The molecule has 3 aromatic rings. The van der Waals surface area contributed by atoms with Crippen molar-refractivity contribution in [1.82, 2.24) is 19.9 Å². The third-order valence-corrected chi connectivity index (χ3v) is 5.51. The SMILES string of the molecule is CS(O)(O)Cc1cc(N2CCOCC2)nc(-c2ccc(NC(=O)c3cnc[nH]3)cc2)n1. The number of hydrogen-bond acceptors (Lipinski definition) is 8. The van der Waals surface area contributed by atoms with Gasteiger partial charge in [-0.15, -0.1) is 0 Å². The van der Waals surface area contributed by atoms with Crippen LogP contribution in [0.4, 0.5) is 11.5 Å². The van der Waals surface area contributed by atoms with Crippen molar-refractivity contribution >= 4 is 28.0 Å². The molecule has 3 heterocycles. The Kier molecular flexibility index (Phi) is 6.18. The Morgan fingerprint density at radius 1 is 1.23 bits per heavy atom. The number of aromatic nitrogens is 4. The van der Waals surface area contributed by atoms with Crippen molar-refractivity contribution in [1.29, 1.82) is 0 Å². The standard InChI is InChI=1S/C20H24N6O4S/c1-31(28,29)12-16-10-18(26-6-8-30-9-7-26)25-19(23-16)14-2-4-15(5-3-14)24-20(27)17-11-21-13-22-17/h2-5,10-11,13,28-29H,6-9,12H2,1H3,(H,21,22)(H,24,27). The van der Waals surface area contributed by atoms with Gasteiger partial charge in [-0.2, -0.15) is 10.6 Å². The van der Waals surface area contributed by atoms with Crippen molar-refractivity contribution in [2.45, 2.75) is 5.75 Å². The van der Waals surface area contributed by atoms with Crippen LogP contribution in [0.15, 0.2) is 42.9 Å². The highest BCUT2D eigenvalue weighted by atomic mass is 32.3. The molecule has 0 radical (unpaired) electrons. The summed E-state index contributed by atoms with van der Waals surface area (Å²) in [7, 11) is -2.75. The van der Waals surface area contributed by atoms with Crippen molar-refractivity contribution < 1.29 is 18.6 Å². The average molecular weight is 445 g/mol. The number of carbonyl (C=O) groups excluding carboxylic acids is 1. The Morgan fingerprint density at radius 2 is 1.97 bits per heavy atom. The van der Waals surface area contributed by atoms with Crippen molar-refractivity contribution in [2.24, 2.45) is 0 Å². The van der Waals surface area contributed by atoms with E-state index in [0.717, 1.165) is 11.4 Å². The average Bonchev–Trinajstić information content (AvgIpc) is 3.29. The quantitative estimate of drug-likeness (QED) is 0.456. The number of hydrogen-bond donors (Lipinski definition) is 4. The number of imidazole rings is 1. The largest absolute Gasteiger partial charge is 0.378 e. The zero-order valence-corrected chi connectivity index (χ0v) is 17.8. The highest BCUT2D eigenvalue weighted by Crippen LogP contribution is 2.38. The Morgan fingerprint density at radius 3 is 2.61 bits per heavy atom. The molecule has 31 heavy (non-hydrogen) atoms. The van der Waals surface area contributed by atoms with Crippen molar-refractivity contribution in [3.63, 3.8) is 0 Å². The van der Waals surface area contributed by atoms with Crippen LogP contribution in [-0.4, -0.2) is 67.5 Å². The summed E-state index contributed by atoms with van der Waals surface area (Å²) in [4.78, 5) is 30.1. The smallest absolute Gasteiger partial charge is 0.273 e. The van der Waals surface area contributed by atoms with Gasteiger partial charge in [-0.05, 0) is 24.3 Å². The zero-order chi connectivity index (χ0) is 21.8. The lowest BCUT2D eigenvalue weighted by Gasteiger charge is -2.30. The number of rotatable bonds is 6. The molecule has 1 fully saturated rings. The van der Waals surface area contributed by atoms with Gasteiger partial charge in [-0.25, -0.2) is 15.0 Å². The monoisotopic (exact) mass is 444 g/mol. The first-order chi connectivity index (χ1) is 14.9. The van der Waals surface area contributed by atoms with Crippen LogP contribution in [0.2, 0.25) is 0 Å². The third-order valence-electron chi connectivity index (χ3n) is 4.67. The maximum absolute atomic E-state index is 12.2. The van der Waals surface area contributed by atoms with E-state index in [2.05, 4.69) is 25.2 Å². The first kappa shape index (κ1) is 21.2. The molecule has 0 spiro atoms. The minimum Gasteiger partial charge on any atom is -0.378 e. The number of carbonyl (C=O) groups is 1. The van der Waals surface area contributed by atoms with Crippen molar-refractivity contribution in [3.05, 3.63) is 54.2 Å². The topological polar surface area (TPSA) is 136 Å². The summed E-state index contributed by atoms with van der Waals surface area (Å²) < 4.78 is 25.3. The Labute approximate surface area is 181 Å². The van der Waals surface area contributed by atoms with Gasteiger partial charge in [0.15, 0.2) is 5.82 Å². The summed E-state index contributed by atoms with van der Waals surface area (Å²) in [6.45, 7) is 2.64. The fourth-order valence-corrected chi connectivity index (χ4v) is 3.91. The minimum atomic E-state index is -2.75. The zero-order valence-electron chi connectivity index (χ0n) is 17.0. The number of nitrogens with one attached hydrogen (secondary N) is 2. The van der Waals surface area contributed by atoms with Crippen LogP contribution in [0.3, 0.4) is 0 Å². The fourth-order valence-electron chi connectivity index (χ4n) is 3.20. The first-order valence-electron chi connectivity index (χ1n) is 9.69. The summed E-state index contributed by atoms with van der Waals surface area (Å²) in [5, 5.41) is 2.79. The second-order valence-electron chi connectivity index (χ2n) is 7.28. The van der Waals surface area contributed by atoms with E-state index in [1.165, 1.54) is 18.8 Å². The molecule has 1 saturated heterocycles. The molecular formula is C20H24N6O4S. The molecule has 4 rings (SSSR count). The summed E-state index contributed by atoms with van der Waals surface area (Å²) in [6, 6.07) is 8.96. The summed E-state index contributed by atoms with van der Waals surface area (Å²) in [5.41, 5.74) is 2.30. The van der Waals surface area contributed by atoms with Gasteiger partial charge in [0.05, 0.1) is 37.2 Å². The van der Waals surface area contributed by atoms with Gasteiger partial charge >= 0.3 is 0 Å². The van der Waals surface area contributed by atoms with Crippen molar-refractivity contribution in [3.8, 4) is 11.4 Å². The number of H-pyrrole nitrogens is 1. The molecular weight excluding hydrogens is 420 g/mol. The third kappa shape index (κ3) is 5.58. The number of anilines is 2. The molecule has 0 bridgehead atoms. The number of morpholine rings is 1. The van der Waals surface area contributed by atoms with E-state index < -0.39 is 10.6 Å². The van der Waals surface area contributed by atoms with Gasteiger partial charge in [0.1, 0.15) is 11.5 Å². The molecule has 0 unspecified atom stereocenters. The highest BCUT2D eigenvalue weighted by molar-refractivity contribution is 8.23. The molecule has 0 atom stereocenters. The Bertz CT molecular complexity index is 1030. The maximum Gasteiger partial charge on any atom is 0.273 e. The van der Waals surface area contributed by atoms with Crippen LogP contribution >= 0.6 is 10.6 Å². The van der Waals surface area contributed by atoms with Gasteiger partial charge < -0.3 is 19.9 Å². The van der Waals surface area contributed by atoms with E-state index in [0.29, 0.717) is 49.2 Å². The lowest BCUT2D eigenvalue weighted by Crippen LogP contribution is -2.37. The van der Waals surface area contributed by atoms with Crippen LogP contribution < -0.4 is 10.2 Å². The number of ether oxygens (including phenoxy) is 1. The summed E-state index contributed by atoms with van der Waals surface area (Å²) in [5.74, 6) is 0.974. The van der Waals surface area contributed by atoms with Gasteiger partial charge in [0.2, 0.25) is 0 Å². The molecule has 0 aliphatic carbocycles. The predicted molar refractivity (Wildman–Crippen MR) is 120 cm³/mol. The molecule has 4 N–H and O–H groups in total. The van der Waals surface area contributed by atoms with Gasteiger partial charge in [-0.3, -0.25) is 13.9 Å². The normalized spacial score (nSPS) is 15.0. The molecule has 1 aromatic carbocycles. The van der Waals surface area contributed by atoms with E-state index >= 15 is 0 Å². The molecule has 1 aliphatic rings. The highest BCUT2D eigenvalue weighted by Gasteiger charge is 2.18. The summed E-state index contributed by atoms with van der Waals surface area (Å²) in [6.07, 6.45) is 4.30. The van der Waals surface area contributed by atoms with E-state index in [9.17, 15) is 13.9 Å². The number of benzene rings is 1. The van der Waals surface area contributed by atoms with Crippen LogP contribution in [0, 0.1) is 0 Å². The molecule has 11 heteroatoms. The van der Waals surface area contributed by atoms with E-state index in [1.807, 2.05) is 12.1 Å². The minimum absolute atomic E-state index is 0.0538. The second kappa shape index (κ2) is 9.02. The molecule has 164 valence electrons. The number of amides is 1. The van der Waals surface area contributed by atoms with Gasteiger partial charge in [0.25, 0.3) is 5.91 Å². The van der Waals surface area contributed by atoms with Crippen LogP contribution in [-0.2, 0) is 10.5 Å². The van der Waals surface area contributed by atoms with E-state index in [1.54, 1.807) is 18.2 Å². The van der Waals surface area contributed by atoms with Crippen molar-refractivity contribution in [2.75, 3.05) is 42.8 Å². The fraction of sp³-hybridized carbons (Fsp3) is 0.300.